The molecule has 1 aliphatic heterocycles. The smallest absolute Gasteiger partial charge is 0.224 e. The normalized spacial score (nSPS) is 17.0. The predicted octanol–water partition coefficient (Wildman–Crippen LogP) is 1.79. The van der Waals surface area contributed by atoms with Crippen LogP contribution in [0.25, 0.3) is 16.7 Å². The molecule has 0 radical (unpaired) electrons. The number of hydrogen-bond acceptors (Lipinski definition) is 6. The van der Waals surface area contributed by atoms with Crippen molar-refractivity contribution in [1.29, 1.82) is 0 Å². The fourth-order valence-electron chi connectivity index (χ4n) is 3.59. The summed E-state index contributed by atoms with van der Waals surface area (Å²) in [5.41, 5.74) is 1.63. The van der Waals surface area contributed by atoms with Gasteiger partial charge in [-0.3, -0.25) is 4.79 Å². The van der Waals surface area contributed by atoms with Gasteiger partial charge in [0.15, 0.2) is 5.65 Å². The Morgan fingerprint density at radius 2 is 2.14 bits per heavy atom. The van der Waals surface area contributed by atoms with Crippen molar-refractivity contribution in [2.24, 2.45) is 5.92 Å². The molecule has 1 fully saturated rings. The van der Waals surface area contributed by atoms with Gasteiger partial charge in [-0.1, -0.05) is 18.2 Å². The number of nitrogens with zero attached hydrogens (tertiary/aromatic N) is 5. The quantitative estimate of drug-likeness (QED) is 0.657. The Hall–Kier alpha value is -3.00. The van der Waals surface area contributed by atoms with E-state index in [0.717, 1.165) is 36.3 Å². The van der Waals surface area contributed by atoms with Gasteiger partial charge in [0, 0.05) is 32.9 Å². The number of anilines is 1. The number of rotatable bonds is 6. The van der Waals surface area contributed by atoms with Crippen molar-refractivity contribution < 1.29 is 9.53 Å². The molecule has 1 N–H and O–H groups in total. The first-order valence-corrected chi connectivity index (χ1v) is 9.53. The molecule has 28 heavy (non-hydrogen) atoms. The molecule has 4 rings (SSSR count). The van der Waals surface area contributed by atoms with Gasteiger partial charge in [-0.2, -0.15) is 0 Å². The molecule has 0 saturated carbocycles. The van der Waals surface area contributed by atoms with Gasteiger partial charge in [0.1, 0.15) is 12.1 Å². The first-order valence-electron chi connectivity index (χ1n) is 9.53. The third-order valence-electron chi connectivity index (χ3n) is 5.01. The Labute approximate surface area is 163 Å². The minimum atomic E-state index is -0.0558. The largest absolute Gasteiger partial charge is 0.383 e. The van der Waals surface area contributed by atoms with Crippen LogP contribution in [0, 0.1) is 5.92 Å². The van der Waals surface area contributed by atoms with E-state index < -0.39 is 0 Å². The van der Waals surface area contributed by atoms with Crippen molar-refractivity contribution in [3.8, 4) is 5.69 Å². The molecule has 3 heterocycles. The molecule has 0 unspecified atom stereocenters. The summed E-state index contributed by atoms with van der Waals surface area (Å²) in [7, 11) is 1.63. The zero-order chi connectivity index (χ0) is 19.3. The van der Waals surface area contributed by atoms with Crippen LogP contribution in [0.15, 0.2) is 42.9 Å². The second kappa shape index (κ2) is 8.35. The van der Waals surface area contributed by atoms with Crippen molar-refractivity contribution in [3.63, 3.8) is 0 Å². The second-order valence-electron chi connectivity index (χ2n) is 6.91. The highest BCUT2D eigenvalue weighted by Gasteiger charge is 2.27. The highest BCUT2D eigenvalue weighted by molar-refractivity contribution is 5.87. The number of benzene rings is 1. The summed E-state index contributed by atoms with van der Waals surface area (Å²) >= 11 is 0. The van der Waals surface area contributed by atoms with E-state index in [1.54, 1.807) is 13.4 Å². The number of amides is 1. The predicted molar refractivity (Wildman–Crippen MR) is 106 cm³/mol. The third kappa shape index (κ3) is 3.82. The molecular formula is C20H24N6O2. The molecule has 1 amide bonds. The molecule has 8 nitrogen and oxygen atoms in total. The van der Waals surface area contributed by atoms with Gasteiger partial charge in [0.2, 0.25) is 5.91 Å². The van der Waals surface area contributed by atoms with Crippen LogP contribution in [0.2, 0.25) is 0 Å². The number of carbonyl (C=O) groups excluding carboxylic acids is 1. The average Bonchev–Trinajstić information content (AvgIpc) is 3.19. The Balaban J connectivity index is 1.56. The van der Waals surface area contributed by atoms with Crippen LogP contribution in [0.1, 0.15) is 12.8 Å². The standard InChI is InChI=1S/C20H24N6O2/c1-28-11-9-21-20(27)15-6-5-10-25(12-15)19-17-13-26(16-7-3-2-4-8-16)24-18(17)22-14-23-19/h2-4,7-8,13-15H,5-6,9-12H2,1H3,(H,21,27)/t15-/m1/s1. The summed E-state index contributed by atoms with van der Waals surface area (Å²) in [4.78, 5) is 23.5. The summed E-state index contributed by atoms with van der Waals surface area (Å²) in [5.74, 6) is 0.855. The van der Waals surface area contributed by atoms with E-state index >= 15 is 0 Å². The molecule has 1 saturated heterocycles. The van der Waals surface area contributed by atoms with Crippen LogP contribution in [-0.4, -0.2) is 59.0 Å². The zero-order valence-electron chi connectivity index (χ0n) is 15.9. The fraction of sp³-hybridized carbons (Fsp3) is 0.400. The van der Waals surface area contributed by atoms with Gasteiger partial charge in [-0.25, -0.2) is 14.6 Å². The Kier molecular flexibility index (Phi) is 5.48. The third-order valence-corrected chi connectivity index (χ3v) is 5.01. The number of aromatic nitrogens is 4. The van der Waals surface area contributed by atoms with E-state index in [0.29, 0.717) is 25.3 Å². The lowest BCUT2D eigenvalue weighted by Gasteiger charge is -2.33. The van der Waals surface area contributed by atoms with Crippen LogP contribution >= 0.6 is 0 Å². The van der Waals surface area contributed by atoms with Gasteiger partial charge >= 0.3 is 0 Å². The molecule has 0 aliphatic carbocycles. The number of methoxy groups -OCH3 is 1. The molecule has 0 spiro atoms. The van der Waals surface area contributed by atoms with E-state index in [1.165, 1.54) is 0 Å². The molecule has 2 aromatic heterocycles. The number of fused-ring (bicyclic) bond motifs is 1. The fourth-order valence-corrected chi connectivity index (χ4v) is 3.59. The van der Waals surface area contributed by atoms with Gasteiger partial charge in [0.05, 0.1) is 23.6 Å². The van der Waals surface area contributed by atoms with E-state index in [1.807, 2.05) is 41.2 Å². The average molecular weight is 380 g/mol. The van der Waals surface area contributed by atoms with Gasteiger partial charge in [-0.15, -0.1) is 5.10 Å². The number of para-hydroxylation sites is 1. The lowest BCUT2D eigenvalue weighted by Crippen LogP contribution is -2.44. The maximum Gasteiger partial charge on any atom is 0.224 e. The monoisotopic (exact) mass is 380 g/mol. The molecular weight excluding hydrogens is 356 g/mol. The second-order valence-corrected chi connectivity index (χ2v) is 6.91. The molecule has 146 valence electrons. The highest BCUT2D eigenvalue weighted by Crippen LogP contribution is 2.27. The van der Waals surface area contributed by atoms with Crippen molar-refractivity contribution >= 4 is 22.8 Å². The summed E-state index contributed by atoms with van der Waals surface area (Å²) in [6, 6.07) is 9.93. The summed E-state index contributed by atoms with van der Waals surface area (Å²) in [6.07, 6.45) is 5.33. The van der Waals surface area contributed by atoms with E-state index in [2.05, 4.69) is 25.3 Å². The van der Waals surface area contributed by atoms with Crippen molar-refractivity contribution in [3.05, 3.63) is 42.9 Å². The highest BCUT2D eigenvalue weighted by atomic mass is 16.5. The van der Waals surface area contributed by atoms with Crippen molar-refractivity contribution in [2.75, 3.05) is 38.3 Å². The first-order chi connectivity index (χ1) is 13.8. The molecule has 1 aromatic carbocycles. The topological polar surface area (TPSA) is 85.2 Å². The summed E-state index contributed by atoms with van der Waals surface area (Å²) < 4.78 is 6.83. The summed E-state index contributed by atoms with van der Waals surface area (Å²) in [6.45, 7) is 2.56. The number of piperidine rings is 1. The molecule has 1 aliphatic rings. The van der Waals surface area contributed by atoms with Crippen LogP contribution in [-0.2, 0) is 9.53 Å². The Bertz CT molecular complexity index is 942. The van der Waals surface area contributed by atoms with Crippen LogP contribution in [0.5, 0.6) is 0 Å². The van der Waals surface area contributed by atoms with Gasteiger partial charge < -0.3 is 15.0 Å². The lowest BCUT2D eigenvalue weighted by atomic mass is 9.97. The minimum absolute atomic E-state index is 0.0558. The maximum absolute atomic E-state index is 12.5. The maximum atomic E-state index is 12.5. The molecule has 3 aromatic rings. The number of hydrogen-bond donors (Lipinski definition) is 1. The van der Waals surface area contributed by atoms with E-state index in [4.69, 9.17) is 4.74 Å². The summed E-state index contributed by atoms with van der Waals surface area (Å²) in [5, 5.41) is 8.43. The van der Waals surface area contributed by atoms with Crippen molar-refractivity contribution in [1.82, 2.24) is 25.1 Å². The molecule has 8 heteroatoms. The van der Waals surface area contributed by atoms with Crippen LogP contribution in [0.3, 0.4) is 0 Å². The minimum Gasteiger partial charge on any atom is -0.383 e. The molecule has 0 bridgehead atoms. The Morgan fingerprint density at radius 1 is 1.29 bits per heavy atom. The first kappa shape index (κ1) is 18.4. The Morgan fingerprint density at radius 3 is 2.96 bits per heavy atom. The zero-order valence-corrected chi connectivity index (χ0v) is 15.9. The van der Waals surface area contributed by atoms with E-state index in [-0.39, 0.29) is 11.8 Å². The van der Waals surface area contributed by atoms with Gasteiger partial charge in [-0.05, 0) is 25.0 Å². The SMILES string of the molecule is COCCNC(=O)[C@@H]1CCCN(c2ncnc3nn(-c4ccccc4)cc23)C1. The molecule has 1 atom stereocenters. The number of carbonyl (C=O) groups is 1. The van der Waals surface area contributed by atoms with E-state index in [9.17, 15) is 4.79 Å². The lowest BCUT2D eigenvalue weighted by molar-refractivity contribution is -0.125. The van der Waals surface area contributed by atoms with Gasteiger partial charge in [0.25, 0.3) is 0 Å². The van der Waals surface area contributed by atoms with Crippen molar-refractivity contribution in [2.45, 2.75) is 12.8 Å². The number of nitrogens with one attached hydrogen (secondary N) is 1. The number of ether oxygens (including phenoxy) is 1. The van der Waals surface area contributed by atoms with Crippen LogP contribution in [0.4, 0.5) is 5.82 Å². The van der Waals surface area contributed by atoms with Crippen LogP contribution < -0.4 is 10.2 Å².